The molecule has 33 heavy (non-hydrogen) atoms. The summed E-state index contributed by atoms with van der Waals surface area (Å²) < 4.78 is 16.3. The second-order valence-corrected chi connectivity index (χ2v) is 8.05. The van der Waals surface area contributed by atoms with E-state index in [9.17, 15) is 24.8 Å². The van der Waals surface area contributed by atoms with Crippen molar-refractivity contribution < 1.29 is 33.8 Å². The lowest BCUT2D eigenvalue weighted by Crippen LogP contribution is -2.60. The van der Waals surface area contributed by atoms with Gasteiger partial charge in [0.1, 0.15) is 23.5 Å². The number of carbonyl (C=O) groups is 2. The summed E-state index contributed by atoms with van der Waals surface area (Å²) in [4.78, 5) is 38.8. The topological polar surface area (TPSA) is 137 Å². The number of phenols is 1. The van der Waals surface area contributed by atoms with E-state index < -0.39 is 40.1 Å². The van der Waals surface area contributed by atoms with Crippen molar-refractivity contribution in [3.05, 3.63) is 68.7 Å². The van der Waals surface area contributed by atoms with Crippen LogP contribution in [0.2, 0.25) is 5.02 Å². The van der Waals surface area contributed by atoms with Crippen LogP contribution in [-0.2, 0) is 19.1 Å². The Kier molecular flexibility index (Phi) is 5.67. The Balaban J connectivity index is 2.07. The number of nitrogens with zero attached hydrogens (tertiary/aromatic N) is 1. The summed E-state index contributed by atoms with van der Waals surface area (Å²) in [6.07, 6.45) is 0. The molecule has 0 radical (unpaired) electrons. The van der Waals surface area contributed by atoms with E-state index >= 15 is 0 Å². The Morgan fingerprint density at radius 2 is 1.79 bits per heavy atom. The summed E-state index contributed by atoms with van der Waals surface area (Å²) in [6, 6.07) is 8.78. The zero-order chi connectivity index (χ0) is 24.0. The molecule has 10 nitrogen and oxygen atoms in total. The van der Waals surface area contributed by atoms with E-state index in [1.165, 1.54) is 36.4 Å². The van der Waals surface area contributed by atoms with E-state index in [4.69, 9.17) is 25.8 Å². The molecule has 3 atom stereocenters. The first kappa shape index (κ1) is 22.8. The van der Waals surface area contributed by atoms with Gasteiger partial charge in [-0.3, -0.25) is 15.4 Å². The Labute approximate surface area is 193 Å². The number of rotatable bonds is 6. The van der Waals surface area contributed by atoms with Crippen LogP contribution in [0.5, 0.6) is 11.5 Å². The third-order valence-electron chi connectivity index (χ3n) is 5.92. The average Bonchev–Trinajstić information content (AvgIpc) is 3.27. The van der Waals surface area contributed by atoms with Crippen LogP contribution in [-0.4, -0.2) is 46.4 Å². The van der Waals surface area contributed by atoms with Crippen LogP contribution >= 0.6 is 11.6 Å². The highest BCUT2D eigenvalue weighted by molar-refractivity contribution is 6.30. The molecule has 4 rings (SSSR count). The Hall–Kier alpha value is -3.37. The number of nitrogens with one attached hydrogen (secondary N) is 1. The zero-order valence-corrected chi connectivity index (χ0v) is 18.5. The number of carbonyl (C=O) groups excluding carboxylic acids is 2. The number of fused-ring (bicyclic) bond motifs is 3. The van der Waals surface area contributed by atoms with E-state index in [0.29, 0.717) is 0 Å². The third kappa shape index (κ3) is 3.12. The van der Waals surface area contributed by atoms with Gasteiger partial charge < -0.3 is 19.3 Å². The van der Waals surface area contributed by atoms with Gasteiger partial charge in [0.2, 0.25) is 5.54 Å². The number of hydrogen-bond acceptors (Lipinski definition) is 9. The highest BCUT2D eigenvalue weighted by Gasteiger charge is 2.82. The van der Waals surface area contributed by atoms with E-state index in [-0.39, 0.29) is 40.9 Å². The molecule has 0 unspecified atom stereocenters. The van der Waals surface area contributed by atoms with Crippen molar-refractivity contribution in [2.24, 2.45) is 0 Å². The van der Waals surface area contributed by atoms with Crippen molar-refractivity contribution in [2.75, 3.05) is 13.2 Å². The van der Waals surface area contributed by atoms with Crippen LogP contribution in [0, 0.1) is 10.1 Å². The number of benzene rings is 2. The molecule has 0 aromatic heterocycles. The Morgan fingerprint density at radius 1 is 1.15 bits per heavy atom. The number of phenolic OH excluding ortho intramolecular Hbond substituents is 1. The number of esters is 2. The predicted molar refractivity (Wildman–Crippen MR) is 115 cm³/mol. The number of para-hydroxylation sites is 1. The first-order valence-corrected chi connectivity index (χ1v) is 10.6. The molecule has 11 heteroatoms. The average molecular weight is 477 g/mol. The summed E-state index contributed by atoms with van der Waals surface area (Å²) in [5.74, 6) is -3.84. The van der Waals surface area contributed by atoms with Gasteiger partial charge in [-0.15, -0.1) is 0 Å². The van der Waals surface area contributed by atoms with Gasteiger partial charge in [0.05, 0.1) is 18.1 Å². The molecule has 2 N–H and O–H groups in total. The molecule has 0 aliphatic carbocycles. The first-order chi connectivity index (χ1) is 15.7. The molecule has 2 aromatic rings. The maximum Gasteiger partial charge on any atom is 0.392 e. The molecule has 2 aliphatic heterocycles. The van der Waals surface area contributed by atoms with E-state index in [1.807, 2.05) is 0 Å². The van der Waals surface area contributed by atoms with Crippen molar-refractivity contribution in [3.8, 4) is 11.5 Å². The van der Waals surface area contributed by atoms with Gasteiger partial charge in [-0.1, -0.05) is 29.8 Å². The lowest BCUT2D eigenvalue weighted by Gasteiger charge is -2.29. The maximum absolute atomic E-state index is 13.4. The van der Waals surface area contributed by atoms with Crippen LogP contribution in [0.4, 0.5) is 0 Å². The Morgan fingerprint density at radius 3 is 2.36 bits per heavy atom. The summed E-state index contributed by atoms with van der Waals surface area (Å²) in [5.41, 5.74) is -4.51. The summed E-state index contributed by atoms with van der Waals surface area (Å²) >= 11 is 6.17. The molecule has 0 amide bonds. The second kappa shape index (κ2) is 8.20. The number of hydrogen-bond donors (Lipinski definition) is 2. The molecule has 0 saturated carbocycles. The molecule has 1 fully saturated rings. The van der Waals surface area contributed by atoms with Gasteiger partial charge in [0.15, 0.2) is 0 Å². The van der Waals surface area contributed by atoms with Gasteiger partial charge >= 0.3 is 17.7 Å². The molecule has 2 aromatic carbocycles. The van der Waals surface area contributed by atoms with Crippen LogP contribution in [0.3, 0.4) is 0 Å². The molecule has 0 spiro atoms. The minimum absolute atomic E-state index is 0.0635. The van der Waals surface area contributed by atoms with Crippen molar-refractivity contribution in [1.29, 1.82) is 0 Å². The molecule has 1 saturated heterocycles. The smallest absolute Gasteiger partial charge is 0.392 e. The van der Waals surface area contributed by atoms with E-state index in [1.54, 1.807) is 19.9 Å². The van der Waals surface area contributed by atoms with Crippen LogP contribution < -0.4 is 10.1 Å². The van der Waals surface area contributed by atoms with Crippen molar-refractivity contribution in [3.63, 3.8) is 0 Å². The first-order valence-electron chi connectivity index (χ1n) is 10.3. The molecule has 2 aliphatic rings. The zero-order valence-electron chi connectivity index (χ0n) is 17.7. The van der Waals surface area contributed by atoms with Crippen molar-refractivity contribution in [2.45, 2.75) is 37.1 Å². The van der Waals surface area contributed by atoms with Crippen LogP contribution in [0.25, 0.3) is 0 Å². The number of nitro groups is 1. The van der Waals surface area contributed by atoms with Crippen molar-refractivity contribution >= 4 is 23.5 Å². The van der Waals surface area contributed by atoms with Gasteiger partial charge in [-0.2, -0.15) is 0 Å². The molecule has 2 heterocycles. The molecule has 0 bridgehead atoms. The monoisotopic (exact) mass is 476 g/mol. The van der Waals surface area contributed by atoms with Gasteiger partial charge in [0, 0.05) is 16.1 Å². The molecule has 174 valence electrons. The normalized spacial score (nSPS) is 24.3. The lowest BCUT2D eigenvalue weighted by atomic mass is 9.76. The van der Waals surface area contributed by atoms with Gasteiger partial charge in [-0.05, 0) is 38.1 Å². The molecular weight excluding hydrogens is 456 g/mol. The van der Waals surface area contributed by atoms with E-state index in [2.05, 4.69) is 5.32 Å². The SMILES string of the molecule is CCOC(=O)C1(C(=O)OCC)N[C@@H](c2ccccc2O)[C@]2([N+](=O)[O-])Oc3ccc(Cl)cc3[C@H]12. The fourth-order valence-electron chi connectivity index (χ4n) is 4.69. The van der Waals surface area contributed by atoms with Gasteiger partial charge in [0.25, 0.3) is 0 Å². The minimum atomic E-state index is -2.40. The van der Waals surface area contributed by atoms with Crippen LogP contribution in [0.15, 0.2) is 42.5 Å². The largest absolute Gasteiger partial charge is 0.508 e. The highest BCUT2D eigenvalue weighted by atomic mass is 35.5. The second-order valence-electron chi connectivity index (χ2n) is 7.61. The van der Waals surface area contributed by atoms with Gasteiger partial charge in [-0.25, -0.2) is 9.59 Å². The summed E-state index contributed by atoms with van der Waals surface area (Å²) in [7, 11) is 0. The minimum Gasteiger partial charge on any atom is -0.508 e. The number of ether oxygens (including phenoxy) is 3. The van der Waals surface area contributed by atoms with Crippen molar-refractivity contribution in [1.82, 2.24) is 5.32 Å². The standard InChI is InChI=1S/C22H21ClN2O8/c1-3-31-19(27)21(20(28)32-4-2)17-14-11-12(23)9-10-16(14)33-22(17,25(29)30)18(24-21)13-7-5-6-8-15(13)26/h5-11,17-18,24,26H,3-4H2,1-2H3/t17-,18+,22-/m1/s1. The summed E-state index contributed by atoms with van der Waals surface area (Å²) in [6.45, 7) is 2.90. The lowest BCUT2D eigenvalue weighted by molar-refractivity contribution is -0.619. The summed E-state index contributed by atoms with van der Waals surface area (Å²) in [5, 5.41) is 26.3. The third-order valence-corrected chi connectivity index (χ3v) is 6.15. The number of aromatic hydroxyl groups is 1. The highest BCUT2D eigenvalue weighted by Crippen LogP contribution is 2.61. The molecular formula is C22H21ClN2O8. The Bertz CT molecular complexity index is 1120. The quantitative estimate of drug-likeness (QED) is 0.279. The fourth-order valence-corrected chi connectivity index (χ4v) is 4.87. The number of halogens is 1. The fraction of sp³-hybridized carbons (Fsp3) is 0.364. The maximum atomic E-state index is 13.4. The predicted octanol–water partition coefficient (Wildman–Crippen LogP) is 2.70. The van der Waals surface area contributed by atoms with Crippen LogP contribution in [0.1, 0.15) is 36.9 Å². The van der Waals surface area contributed by atoms with E-state index in [0.717, 1.165) is 0 Å².